The Morgan fingerprint density at radius 3 is 2.81 bits per heavy atom. The third kappa shape index (κ3) is 4.47. The molecule has 1 aliphatic rings. The number of fused-ring (bicyclic) bond motifs is 1. The summed E-state index contributed by atoms with van der Waals surface area (Å²) in [6.07, 6.45) is 0.111. The number of halogens is 1. The standard InChI is InChI=1S/C23H22FN3O5/c1-14-18(7-8-28)23(30)27(22(26-14)16-3-2-4-17(24)10-16)12-21(29)25-11-15-5-6-19-20(9-15)32-13-31-19/h2-6,9-10,28H,7-8,11-13H2,1H3,(H,25,29). The van der Waals surface area contributed by atoms with E-state index in [1.807, 2.05) is 6.07 Å². The topological polar surface area (TPSA) is 103 Å². The van der Waals surface area contributed by atoms with Crippen molar-refractivity contribution in [3.63, 3.8) is 0 Å². The molecule has 0 unspecified atom stereocenters. The average molecular weight is 439 g/mol. The summed E-state index contributed by atoms with van der Waals surface area (Å²) in [6.45, 7) is 1.50. The second-order valence-electron chi connectivity index (χ2n) is 7.34. The van der Waals surface area contributed by atoms with Crippen molar-refractivity contribution in [2.75, 3.05) is 13.4 Å². The van der Waals surface area contributed by atoms with Gasteiger partial charge in [0.05, 0.1) is 0 Å². The lowest BCUT2D eigenvalue weighted by atomic mass is 10.1. The van der Waals surface area contributed by atoms with Gasteiger partial charge in [-0.25, -0.2) is 9.37 Å². The summed E-state index contributed by atoms with van der Waals surface area (Å²) < 4.78 is 25.6. The molecule has 2 heterocycles. The Morgan fingerprint density at radius 2 is 2.03 bits per heavy atom. The number of amides is 1. The number of aryl methyl sites for hydroxylation is 1. The van der Waals surface area contributed by atoms with E-state index in [2.05, 4.69) is 10.3 Å². The first-order chi connectivity index (χ1) is 15.5. The Hall–Kier alpha value is -3.72. The lowest BCUT2D eigenvalue weighted by Gasteiger charge is -2.16. The Bertz CT molecular complexity index is 1220. The van der Waals surface area contributed by atoms with Crippen LogP contribution in [0.15, 0.2) is 47.3 Å². The van der Waals surface area contributed by atoms with E-state index in [9.17, 15) is 19.1 Å². The summed E-state index contributed by atoms with van der Waals surface area (Å²) in [6, 6.07) is 11.0. The van der Waals surface area contributed by atoms with E-state index in [1.54, 1.807) is 25.1 Å². The molecular formula is C23H22FN3O5. The number of aromatic nitrogens is 2. The zero-order valence-corrected chi connectivity index (χ0v) is 17.4. The maximum atomic E-state index is 13.8. The monoisotopic (exact) mass is 439 g/mol. The first kappa shape index (κ1) is 21.5. The van der Waals surface area contributed by atoms with E-state index in [4.69, 9.17) is 9.47 Å². The van der Waals surface area contributed by atoms with Gasteiger partial charge < -0.3 is 19.9 Å². The Balaban J connectivity index is 1.60. The summed E-state index contributed by atoms with van der Waals surface area (Å²) in [5, 5.41) is 12.1. The maximum absolute atomic E-state index is 13.8. The molecule has 3 aromatic rings. The molecule has 0 spiro atoms. The molecule has 2 aromatic carbocycles. The van der Waals surface area contributed by atoms with Crippen LogP contribution in [0.5, 0.6) is 11.5 Å². The number of aliphatic hydroxyl groups excluding tert-OH is 1. The van der Waals surface area contributed by atoms with E-state index in [0.717, 1.165) is 5.56 Å². The van der Waals surface area contributed by atoms with E-state index < -0.39 is 17.3 Å². The van der Waals surface area contributed by atoms with Gasteiger partial charge in [-0.3, -0.25) is 14.2 Å². The van der Waals surface area contributed by atoms with Crippen LogP contribution in [0.3, 0.4) is 0 Å². The fraction of sp³-hybridized carbons (Fsp3) is 0.261. The molecule has 1 aromatic heterocycles. The van der Waals surface area contributed by atoms with E-state index in [-0.39, 0.29) is 38.7 Å². The summed E-state index contributed by atoms with van der Waals surface area (Å²) in [4.78, 5) is 30.3. The zero-order chi connectivity index (χ0) is 22.7. The van der Waals surface area contributed by atoms with Gasteiger partial charge in [0.1, 0.15) is 18.2 Å². The molecule has 32 heavy (non-hydrogen) atoms. The third-order valence-electron chi connectivity index (χ3n) is 5.14. The van der Waals surface area contributed by atoms with Gasteiger partial charge in [-0.1, -0.05) is 18.2 Å². The minimum atomic E-state index is -0.479. The van der Waals surface area contributed by atoms with Gasteiger partial charge in [-0.2, -0.15) is 0 Å². The van der Waals surface area contributed by atoms with E-state index >= 15 is 0 Å². The van der Waals surface area contributed by atoms with Crippen molar-refractivity contribution in [3.8, 4) is 22.9 Å². The molecule has 0 saturated carbocycles. The molecule has 0 atom stereocenters. The van der Waals surface area contributed by atoms with Gasteiger partial charge in [-0.05, 0) is 36.8 Å². The van der Waals surface area contributed by atoms with Gasteiger partial charge in [0, 0.05) is 36.4 Å². The van der Waals surface area contributed by atoms with E-state index in [0.29, 0.717) is 28.3 Å². The van der Waals surface area contributed by atoms with Gasteiger partial charge in [0.15, 0.2) is 11.5 Å². The Labute approximate surface area is 183 Å². The van der Waals surface area contributed by atoms with Crippen molar-refractivity contribution in [2.45, 2.75) is 26.4 Å². The molecule has 2 N–H and O–H groups in total. The van der Waals surface area contributed by atoms with E-state index in [1.165, 1.54) is 22.8 Å². The normalized spacial score (nSPS) is 12.1. The summed E-state index contributed by atoms with van der Waals surface area (Å²) in [5.74, 6) is 0.550. The average Bonchev–Trinajstić information content (AvgIpc) is 3.25. The first-order valence-corrected chi connectivity index (χ1v) is 10.1. The summed E-state index contributed by atoms with van der Waals surface area (Å²) in [7, 11) is 0. The van der Waals surface area contributed by atoms with Crippen LogP contribution in [0.2, 0.25) is 0 Å². The van der Waals surface area contributed by atoms with Crippen LogP contribution in [0, 0.1) is 12.7 Å². The molecular weight excluding hydrogens is 417 g/mol. The maximum Gasteiger partial charge on any atom is 0.257 e. The number of ether oxygens (including phenoxy) is 2. The largest absolute Gasteiger partial charge is 0.454 e. The van der Waals surface area contributed by atoms with Crippen molar-refractivity contribution in [3.05, 3.63) is 75.5 Å². The van der Waals surface area contributed by atoms with Crippen LogP contribution in [0.25, 0.3) is 11.4 Å². The van der Waals surface area contributed by atoms with Gasteiger partial charge in [-0.15, -0.1) is 0 Å². The van der Waals surface area contributed by atoms with Crippen LogP contribution < -0.4 is 20.3 Å². The quantitative estimate of drug-likeness (QED) is 0.583. The Kier molecular flexibility index (Phi) is 6.18. The minimum Gasteiger partial charge on any atom is -0.454 e. The van der Waals surface area contributed by atoms with Gasteiger partial charge in [0.25, 0.3) is 5.56 Å². The number of nitrogens with one attached hydrogen (secondary N) is 1. The highest BCUT2D eigenvalue weighted by atomic mass is 19.1. The summed E-state index contributed by atoms with van der Waals surface area (Å²) >= 11 is 0. The molecule has 0 radical (unpaired) electrons. The number of hydrogen-bond acceptors (Lipinski definition) is 6. The third-order valence-corrected chi connectivity index (χ3v) is 5.14. The molecule has 166 valence electrons. The SMILES string of the molecule is Cc1nc(-c2cccc(F)c2)n(CC(=O)NCc2ccc3c(c2)OCO3)c(=O)c1CCO. The number of nitrogens with zero attached hydrogens (tertiary/aromatic N) is 2. The molecule has 1 amide bonds. The molecule has 1 aliphatic heterocycles. The molecule has 0 fully saturated rings. The minimum absolute atomic E-state index is 0.111. The molecule has 0 aliphatic carbocycles. The van der Waals surface area contributed by atoms with Gasteiger partial charge >= 0.3 is 0 Å². The number of benzene rings is 2. The predicted octanol–water partition coefficient (Wildman–Crippen LogP) is 1.94. The Morgan fingerprint density at radius 1 is 1.22 bits per heavy atom. The second-order valence-corrected chi connectivity index (χ2v) is 7.34. The molecule has 9 heteroatoms. The second kappa shape index (κ2) is 9.19. The number of carbonyl (C=O) groups is 1. The first-order valence-electron chi connectivity index (χ1n) is 10.1. The molecule has 0 saturated heterocycles. The smallest absolute Gasteiger partial charge is 0.257 e. The van der Waals surface area contributed by atoms with Crippen LogP contribution in [-0.2, 0) is 24.3 Å². The van der Waals surface area contributed by atoms with Crippen molar-refractivity contribution >= 4 is 5.91 Å². The number of hydrogen-bond donors (Lipinski definition) is 2. The highest BCUT2D eigenvalue weighted by Gasteiger charge is 2.18. The van der Waals surface area contributed by atoms with Crippen LogP contribution >= 0.6 is 0 Å². The highest BCUT2D eigenvalue weighted by molar-refractivity contribution is 5.76. The van der Waals surface area contributed by atoms with Crippen LogP contribution in [-0.4, -0.2) is 34.0 Å². The fourth-order valence-electron chi connectivity index (χ4n) is 3.55. The van der Waals surface area contributed by atoms with Gasteiger partial charge in [0.2, 0.25) is 12.7 Å². The predicted molar refractivity (Wildman–Crippen MR) is 114 cm³/mol. The summed E-state index contributed by atoms with van der Waals surface area (Å²) in [5.41, 5.74) is 1.49. The molecule has 4 rings (SSSR count). The molecule has 8 nitrogen and oxygen atoms in total. The van der Waals surface area contributed by atoms with Crippen LogP contribution in [0.1, 0.15) is 16.8 Å². The highest BCUT2D eigenvalue weighted by Crippen LogP contribution is 2.32. The van der Waals surface area contributed by atoms with Crippen molar-refractivity contribution < 1.29 is 23.8 Å². The number of rotatable bonds is 7. The fourth-order valence-corrected chi connectivity index (χ4v) is 3.55. The van der Waals surface area contributed by atoms with Crippen molar-refractivity contribution in [2.24, 2.45) is 0 Å². The lowest BCUT2D eigenvalue weighted by molar-refractivity contribution is -0.121. The van der Waals surface area contributed by atoms with Crippen molar-refractivity contribution in [1.82, 2.24) is 14.9 Å². The van der Waals surface area contributed by atoms with Crippen LogP contribution in [0.4, 0.5) is 4.39 Å². The number of aliphatic hydroxyl groups is 1. The molecule has 0 bridgehead atoms. The zero-order valence-electron chi connectivity index (χ0n) is 17.4. The number of carbonyl (C=O) groups excluding carboxylic acids is 1. The van der Waals surface area contributed by atoms with Crippen molar-refractivity contribution in [1.29, 1.82) is 0 Å². The lowest BCUT2D eigenvalue weighted by Crippen LogP contribution is -2.35.